The maximum atomic E-state index is 13.3. The summed E-state index contributed by atoms with van der Waals surface area (Å²) in [6.45, 7) is 1.77. The van der Waals surface area contributed by atoms with Crippen molar-refractivity contribution < 1.29 is 17.9 Å². The van der Waals surface area contributed by atoms with E-state index in [1.807, 2.05) is 24.3 Å². The predicted molar refractivity (Wildman–Crippen MR) is 104 cm³/mol. The lowest BCUT2D eigenvalue weighted by Crippen LogP contribution is -2.32. The quantitative estimate of drug-likeness (QED) is 0.864. The summed E-state index contributed by atoms with van der Waals surface area (Å²) in [4.78, 5) is 12.5. The van der Waals surface area contributed by atoms with Gasteiger partial charge in [0.05, 0.1) is 23.4 Å². The maximum absolute atomic E-state index is 13.3. The molecule has 1 aliphatic heterocycles. The number of fused-ring (bicyclic) bond motifs is 1. The molecule has 1 heterocycles. The number of ether oxygens (including phenoxy) is 1. The van der Waals surface area contributed by atoms with Crippen molar-refractivity contribution in [1.82, 2.24) is 0 Å². The van der Waals surface area contributed by atoms with Crippen molar-refractivity contribution in [1.29, 1.82) is 0 Å². The van der Waals surface area contributed by atoms with Crippen LogP contribution < -0.4 is 14.4 Å². The van der Waals surface area contributed by atoms with Gasteiger partial charge in [0.25, 0.3) is 10.0 Å². The van der Waals surface area contributed by atoms with Crippen LogP contribution in [0.5, 0.6) is 5.75 Å². The third-order valence-electron chi connectivity index (χ3n) is 3.97. The van der Waals surface area contributed by atoms with Gasteiger partial charge < -0.3 is 10.1 Å². The van der Waals surface area contributed by atoms with E-state index in [1.54, 1.807) is 17.8 Å². The molecule has 0 bridgehead atoms. The zero-order valence-corrected chi connectivity index (χ0v) is 16.2. The lowest BCUT2D eigenvalue weighted by molar-refractivity contribution is -0.114. The zero-order valence-electron chi connectivity index (χ0n) is 14.6. The van der Waals surface area contributed by atoms with Crippen LogP contribution >= 0.6 is 11.8 Å². The lowest BCUT2D eigenvalue weighted by atomic mass is 10.3. The second kappa shape index (κ2) is 7.59. The second-order valence-corrected chi connectivity index (χ2v) is 8.79. The number of nitrogens with zero attached hydrogens (tertiary/aromatic N) is 1. The van der Waals surface area contributed by atoms with Gasteiger partial charge >= 0.3 is 0 Å². The minimum absolute atomic E-state index is 0.115. The topological polar surface area (TPSA) is 75.7 Å². The van der Waals surface area contributed by atoms with E-state index in [-0.39, 0.29) is 10.8 Å². The van der Waals surface area contributed by atoms with Crippen LogP contribution in [0.4, 0.5) is 11.4 Å². The van der Waals surface area contributed by atoms with Crippen molar-refractivity contribution in [2.45, 2.75) is 23.1 Å². The number of anilines is 2. The lowest BCUT2D eigenvalue weighted by Gasteiger charge is -2.24. The summed E-state index contributed by atoms with van der Waals surface area (Å²) in [5.41, 5.74) is 1.02. The molecule has 6 nitrogen and oxygen atoms in total. The molecule has 0 unspecified atom stereocenters. The SMILES string of the molecule is COc1ccc(S(=O)(=O)N2CCCSc3ccccc32)cc1NC(C)=O. The fraction of sp³-hybridized carbons (Fsp3) is 0.278. The number of carbonyl (C=O) groups is 1. The third-order valence-corrected chi connectivity index (χ3v) is 6.92. The first kappa shape index (κ1) is 18.6. The summed E-state index contributed by atoms with van der Waals surface area (Å²) < 4.78 is 33.3. The molecule has 2 aromatic carbocycles. The van der Waals surface area contributed by atoms with E-state index in [0.717, 1.165) is 17.1 Å². The Hall–Kier alpha value is -2.19. The molecule has 0 fully saturated rings. The summed E-state index contributed by atoms with van der Waals surface area (Å²) >= 11 is 1.66. The van der Waals surface area contributed by atoms with Crippen LogP contribution in [0.15, 0.2) is 52.3 Å². The number of amides is 1. The Kier molecular flexibility index (Phi) is 5.43. The fourth-order valence-electron chi connectivity index (χ4n) is 2.81. The number of sulfonamides is 1. The molecule has 2 aromatic rings. The molecule has 8 heteroatoms. The van der Waals surface area contributed by atoms with E-state index in [9.17, 15) is 13.2 Å². The Morgan fingerprint density at radius 1 is 1.23 bits per heavy atom. The molecule has 0 radical (unpaired) electrons. The highest BCUT2D eigenvalue weighted by Gasteiger charge is 2.29. The fourth-order valence-corrected chi connectivity index (χ4v) is 5.41. The molecule has 1 N–H and O–H groups in total. The number of carbonyl (C=O) groups excluding carboxylic acids is 1. The number of hydrogen-bond donors (Lipinski definition) is 1. The molecule has 0 spiro atoms. The van der Waals surface area contributed by atoms with Gasteiger partial charge in [-0.25, -0.2) is 8.42 Å². The van der Waals surface area contributed by atoms with Gasteiger partial charge in [-0.2, -0.15) is 0 Å². The summed E-state index contributed by atoms with van der Waals surface area (Å²) in [6, 6.07) is 12.0. The first-order valence-corrected chi connectivity index (χ1v) is 10.6. The largest absolute Gasteiger partial charge is 0.495 e. The average molecular weight is 393 g/mol. The highest BCUT2D eigenvalue weighted by Crippen LogP contribution is 2.37. The molecule has 0 saturated heterocycles. The molecule has 3 rings (SSSR count). The van der Waals surface area contributed by atoms with Crippen molar-refractivity contribution in [3.8, 4) is 5.75 Å². The highest BCUT2D eigenvalue weighted by atomic mass is 32.2. The second-order valence-electron chi connectivity index (χ2n) is 5.79. The van der Waals surface area contributed by atoms with E-state index in [0.29, 0.717) is 23.7 Å². The van der Waals surface area contributed by atoms with Crippen molar-refractivity contribution in [2.24, 2.45) is 0 Å². The summed E-state index contributed by atoms with van der Waals surface area (Å²) in [5, 5.41) is 2.62. The highest BCUT2D eigenvalue weighted by molar-refractivity contribution is 7.99. The van der Waals surface area contributed by atoms with Crippen LogP contribution in [0.1, 0.15) is 13.3 Å². The van der Waals surface area contributed by atoms with Crippen LogP contribution in [0.3, 0.4) is 0 Å². The Labute approximate surface area is 157 Å². The van der Waals surface area contributed by atoms with Crippen LogP contribution in [-0.2, 0) is 14.8 Å². The molecular weight excluding hydrogens is 372 g/mol. The molecule has 1 aliphatic rings. The van der Waals surface area contributed by atoms with E-state index in [1.165, 1.54) is 30.5 Å². The van der Waals surface area contributed by atoms with Gasteiger partial charge in [-0.3, -0.25) is 9.10 Å². The maximum Gasteiger partial charge on any atom is 0.264 e. The van der Waals surface area contributed by atoms with Crippen LogP contribution in [0.2, 0.25) is 0 Å². The van der Waals surface area contributed by atoms with E-state index < -0.39 is 10.0 Å². The standard InChI is InChI=1S/C18H20N2O4S2/c1-13(21)19-15-12-14(8-9-17(15)24-2)26(22,23)20-10-5-11-25-18-7-4-3-6-16(18)20/h3-4,6-9,12H,5,10-11H2,1-2H3,(H,19,21). The number of rotatable bonds is 4. The van der Waals surface area contributed by atoms with Gasteiger partial charge in [0.15, 0.2) is 0 Å². The zero-order chi connectivity index (χ0) is 18.7. The molecule has 0 atom stereocenters. The summed E-state index contributed by atoms with van der Waals surface area (Å²) in [6.07, 6.45) is 0.757. The Bertz CT molecular complexity index is 929. The average Bonchev–Trinajstić information content (AvgIpc) is 2.84. The number of para-hydroxylation sites is 1. The van der Waals surface area contributed by atoms with Crippen molar-refractivity contribution in [3.63, 3.8) is 0 Å². The van der Waals surface area contributed by atoms with Crippen molar-refractivity contribution >= 4 is 39.1 Å². The predicted octanol–water partition coefficient (Wildman–Crippen LogP) is 3.34. The van der Waals surface area contributed by atoms with Crippen LogP contribution in [-0.4, -0.2) is 33.7 Å². The van der Waals surface area contributed by atoms with Gasteiger partial charge in [-0.05, 0) is 42.5 Å². The summed E-state index contributed by atoms with van der Waals surface area (Å²) in [7, 11) is -2.30. The van der Waals surface area contributed by atoms with Crippen LogP contribution in [0, 0.1) is 0 Å². The molecule has 26 heavy (non-hydrogen) atoms. The summed E-state index contributed by atoms with van der Waals surface area (Å²) in [5.74, 6) is 0.975. The Morgan fingerprint density at radius 2 is 2.00 bits per heavy atom. The monoisotopic (exact) mass is 392 g/mol. The van der Waals surface area contributed by atoms with Gasteiger partial charge in [-0.15, -0.1) is 11.8 Å². The molecular formula is C18H20N2O4S2. The number of methoxy groups -OCH3 is 1. The van der Waals surface area contributed by atoms with Gasteiger partial charge in [0.1, 0.15) is 5.75 Å². The number of nitrogens with one attached hydrogen (secondary N) is 1. The number of hydrogen-bond acceptors (Lipinski definition) is 5. The minimum atomic E-state index is -3.77. The van der Waals surface area contributed by atoms with Crippen molar-refractivity contribution in [3.05, 3.63) is 42.5 Å². The van der Waals surface area contributed by atoms with E-state index in [2.05, 4.69) is 5.32 Å². The Morgan fingerprint density at radius 3 is 2.73 bits per heavy atom. The number of thioether (sulfide) groups is 1. The third kappa shape index (κ3) is 3.66. The number of benzene rings is 2. The van der Waals surface area contributed by atoms with Crippen LogP contribution in [0.25, 0.3) is 0 Å². The van der Waals surface area contributed by atoms with Gasteiger partial charge in [0.2, 0.25) is 5.91 Å². The molecule has 0 aromatic heterocycles. The smallest absolute Gasteiger partial charge is 0.264 e. The minimum Gasteiger partial charge on any atom is -0.495 e. The van der Waals surface area contributed by atoms with Gasteiger partial charge in [0, 0.05) is 18.4 Å². The van der Waals surface area contributed by atoms with E-state index in [4.69, 9.17) is 4.74 Å². The first-order valence-electron chi connectivity index (χ1n) is 8.13. The molecule has 1 amide bonds. The molecule has 0 saturated carbocycles. The Balaban J connectivity index is 2.07. The van der Waals surface area contributed by atoms with E-state index >= 15 is 0 Å². The van der Waals surface area contributed by atoms with Crippen molar-refractivity contribution in [2.75, 3.05) is 29.0 Å². The van der Waals surface area contributed by atoms with Gasteiger partial charge in [-0.1, -0.05) is 12.1 Å². The molecule has 138 valence electrons. The normalized spacial score (nSPS) is 14.3. The molecule has 0 aliphatic carbocycles. The first-order chi connectivity index (χ1) is 12.4.